The number of carbonyl (C=O) groups is 1. The summed E-state index contributed by atoms with van der Waals surface area (Å²) in [6.45, 7) is 8.80. The molecular formula is C17H28O2. The molecule has 108 valence electrons. The Labute approximate surface area is 117 Å². The highest BCUT2D eigenvalue weighted by molar-refractivity contribution is 5.66. The number of hydrogen-bond donors (Lipinski definition) is 0. The van der Waals surface area contributed by atoms with Crippen molar-refractivity contribution in [3.63, 3.8) is 0 Å². The number of ether oxygens (including phenoxy) is 1. The van der Waals surface area contributed by atoms with Crippen molar-refractivity contribution in [3.05, 3.63) is 0 Å². The minimum atomic E-state index is -0.129. The molecule has 3 aliphatic carbocycles. The lowest BCUT2D eigenvalue weighted by Gasteiger charge is -2.59. The van der Waals surface area contributed by atoms with Crippen LogP contribution >= 0.6 is 0 Å². The topological polar surface area (TPSA) is 26.3 Å². The van der Waals surface area contributed by atoms with Gasteiger partial charge in [-0.2, -0.15) is 0 Å². The van der Waals surface area contributed by atoms with Gasteiger partial charge in [0.15, 0.2) is 0 Å². The predicted octanol–water partition coefficient (Wildman–Crippen LogP) is 4.32. The molecule has 0 unspecified atom stereocenters. The van der Waals surface area contributed by atoms with Crippen molar-refractivity contribution in [1.29, 1.82) is 0 Å². The van der Waals surface area contributed by atoms with Gasteiger partial charge in [-0.3, -0.25) is 4.79 Å². The largest absolute Gasteiger partial charge is 0.459 e. The minimum absolute atomic E-state index is 0.0744. The fraction of sp³-hybridized carbons (Fsp3) is 0.941. The predicted molar refractivity (Wildman–Crippen MR) is 75.7 cm³/mol. The molecule has 19 heavy (non-hydrogen) atoms. The van der Waals surface area contributed by atoms with E-state index < -0.39 is 0 Å². The number of fused-ring (bicyclic) bond motifs is 4. The first-order valence-corrected chi connectivity index (χ1v) is 7.96. The fourth-order valence-corrected chi connectivity index (χ4v) is 5.59. The summed E-state index contributed by atoms with van der Waals surface area (Å²) >= 11 is 0. The average Bonchev–Trinajstić information content (AvgIpc) is 2.30. The monoisotopic (exact) mass is 264 g/mol. The fourth-order valence-electron chi connectivity index (χ4n) is 5.59. The van der Waals surface area contributed by atoms with Crippen molar-refractivity contribution in [1.82, 2.24) is 0 Å². The Bertz CT molecular complexity index is 400. The number of carbonyl (C=O) groups excluding carboxylic acids is 1. The molecule has 0 saturated heterocycles. The van der Waals surface area contributed by atoms with Crippen LogP contribution in [0.15, 0.2) is 0 Å². The molecule has 0 spiro atoms. The molecular weight excluding hydrogens is 236 g/mol. The lowest BCUT2D eigenvalue weighted by Crippen LogP contribution is -2.57. The van der Waals surface area contributed by atoms with Crippen LogP contribution in [0.25, 0.3) is 0 Å². The van der Waals surface area contributed by atoms with Gasteiger partial charge in [-0.1, -0.05) is 20.8 Å². The lowest BCUT2D eigenvalue weighted by atomic mass is 9.49. The Morgan fingerprint density at radius 3 is 2.47 bits per heavy atom. The zero-order valence-electron chi connectivity index (χ0n) is 12.9. The van der Waals surface area contributed by atoms with E-state index in [1.807, 2.05) is 0 Å². The zero-order valence-corrected chi connectivity index (χ0v) is 12.9. The third kappa shape index (κ3) is 2.02. The van der Waals surface area contributed by atoms with E-state index in [0.29, 0.717) is 16.7 Å². The van der Waals surface area contributed by atoms with Gasteiger partial charge in [0, 0.05) is 12.8 Å². The molecule has 2 heteroatoms. The summed E-state index contributed by atoms with van der Waals surface area (Å²) in [6.07, 6.45) is 8.64. The molecule has 4 atom stereocenters. The van der Waals surface area contributed by atoms with Crippen LogP contribution in [0.3, 0.4) is 0 Å². The first-order chi connectivity index (χ1) is 8.77. The maximum Gasteiger partial charge on any atom is 0.303 e. The first kappa shape index (κ1) is 13.5. The maximum absolute atomic E-state index is 11.6. The van der Waals surface area contributed by atoms with Gasteiger partial charge in [0.05, 0.1) is 0 Å². The van der Waals surface area contributed by atoms with Crippen molar-refractivity contribution < 1.29 is 9.53 Å². The molecule has 0 heterocycles. The Morgan fingerprint density at radius 1 is 1.11 bits per heavy atom. The van der Waals surface area contributed by atoms with E-state index in [1.54, 1.807) is 6.92 Å². The normalized spacial score (nSPS) is 47.6. The van der Waals surface area contributed by atoms with E-state index in [1.165, 1.54) is 32.1 Å². The molecule has 0 aromatic rings. The number of rotatable bonds is 1. The van der Waals surface area contributed by atoms with E-state index in [0.717, 1.165) is 18.8 Å². The van der Waals surface area contributed by atoms with Crippen molar-refractivity contribution in [3.8, 4) is 0 Å². The molecule has 2 bridgehead atoms. The quantitative estimate of drug-likeness (QED) is 0.659. The molecule has 0 aromatic heterocycles. The summed E-state index contributed by atoms with van der Waals surface area (Å²) in [7, 11) is 0. The van der Waals surface area contributed by atoms with Crippen LogP contribution in [-0.2, 0) is 9.53 Å². The molecule has 0 aromatic carbocycles. The van der Waals surface area contributed by atoms with Gasteiger partial charge in [-0.25, -0.2) is 0 Å². The highest BCUT2D eigenvalue weighted by Crippen LogP contribution is 2.65. The Balaban J connectivity index is 1.95. The first-order valence-electron chi connectivity index (χ1n) is 7.96. The number of esters is 1. The van der Waals surface area contributed by atoms with Crippen molar-refractivity contribution in [2.75, 3.05) is 0 Å². The van der Waals surface area contributed by atoms with Crippen LogP contribution < -0.4 is 0 Å². The van der Waals surface area contributed by atoms with Gasteiger partial charge in [0.2, 0.25) is 0 Å². The summed E-state index contributed by atoms with van der Waals surface area (Å²) in [6, 6.07) is 0. The second kappa shape index (κ2) is 3.99. The molecule has 3 aliphatic rings. The molecule has 3 fully saturated rings. The summed E-state index contributed by atoms with van der Waals surface area (Å²) in [4.78, 5) is 11.6. The van der Waals surface area contributed by atoms with E-state index in [2.05, 4.69) is 20.8 Å². The highest BCUT2D eigenvalue weighted by atomic mass is 16.6. The van der Waals surface area contributed by atoms with Gasteiger partial charge >= 0.3 is 5.97 Å². The Morgan fingerprint density at radius 2 is 1.84 bits per heavy atom. The van der Waals surface area contributed by atoms with Gasteiger partial charge < -0.3 is 4.74 Å². The van der Waals surface area contributed by atoms with E-state index in [4.69, 9.17) is 4.74 Å². The number of hydrogen-bond acceptors (Lipinski definition) is 2. The van der Waals surface area contributed by atoms with Gasteiger partial charge in [0.25, 0.3) is 0 Å². The van der Waals surface area contributed by atoms with Gasteiger partial charge in [-0.15, -0.1) is 0 Å². The van der Waals surface area contributed by atoms with E-state index in [-0.39, 0.29) is 11.6 Å². The zero-order chi connectivity index (χ0) is 13.9. The summed E-state index contributed by atoms with van der Waals surface area (Å²) in [5.74, 6) is 1.30. The van der Waals surface area contributed by atoms with Crippen molar-refractivity contribution >= 4 is 5.97 Å². The SMILES string of the molecule is CC(=O)O[C@@]12CCC[C@@](C)(CC[C@@H]3[C@@H]1CC3(C)C)C2. The third-order valence-corrected chi connectivity index (χ3v) is 6.42. The van der Waals surface area contributed by atoms with Crippen LogP contribution in [0.5, 0.6) is 0 Å². The van der Waals surface area contributed by atoms with Crippen LogP contribution in [0.1, 0.15) is 72.6 Å². The third-order valence-electron chi connectivity index (χ3n) is 6.42. The smallest absolute Gasteiger partial charge is 0.303 e. The second-order valence-corrected chi connectivity index (χ2v) is 8.44. The highest BCUT2D eigenvalue weighted by Gasteiger charge is 2.62. The molecule has 0 N–H and O–H groups in total. The minimum Gasteiger partial charge on any atom is -0.459 e. The molecule has 2 nitrogen and oxygen atoms in total. The lowest BCUT2D eigenvalue weighted by molar-refractivity contribution is -0.199. The van der Waals surface area contributed by atoms with Crippen LogP contribution in [0.4, 0.5) is 0 Å². The van der Waals surface area contributed by atoms with Crippen molar-refractivity contribution in [2.24, 2.45) is 22.7 Å². The van der Waals surface area contributed by atoms with Gasteiger partial charge in [0.1, 0.15) is 5.60 Å². The van der Waals surface area contributed by atoms with E-state index in [9.17, 15) is 4.79 Å². The Hall–Kier alpha value is -0.530. The summed E-state index contributed by atoms with van der Waals surface area (Å²) < 4.78 is 5.98. The molecule has 0 aliphatic heterocycles. The standard InChI is InChI=1S/C17H28O2/c1-12(18)19-17-8-5-7-16(4,11-17)9-6-13-14(17)10-15(13,2)3/h13-14H,5-11H2,1-4H3/t13-,14+,16+,17-/m1/s1. The summed E-state index contributed by atoms with van der Waals surface area (Å²) in [5, 5.41) is 0. The van der Waals surface area contributed by atoms with Crippen LogP contribution in [0, 0.1) is 22.7 Å². The maximum atomic E-state index is 11.6. The average molecular weight is 264 g/mol. The van der Waals surface area contributed by atoms with Crippen molar-refractivity contribution in [2.45, 2.75) is 78.2 Å². The molecule has 0 radical (unpaired) electrons. The van der Waals surface area contributed by atoms with Crippen LogP contribution in [-0.4, -0.2) is 11.6 Å². The molecule has 3 saturated carbocycles. The Kier molecular flexibility index (Phi) is 2.82. The van der Waals surface area contributed by atoms with Crippen LogP contribution in [0.2, 0.25) is 0 Å². The molecule has 0 amide bonds. The molecule has 3 rings (SSSR count). The van der Waals surface area contributed by atoms with Gasteiger partial charge in [-0.05, 0) is 61.7 Å². The summed E-state index contributed by atoms with van der Waals surface area (Å²) in [5.41, 5.74) is 0.724. The second-order valence-electron chi connectivity index (χ2n) is 8.44. The van der Waals surface area contributed by atoms with E-state index >= 15 is 0 Å².